The van der Waals surface area contributed by atoms with E-state index in [-0.39, 0.29) is 10.2 Å². The Labute approximate surface area is 65.1 Å². The van der Waals surface area contributed by atoms with Crippen LogP contribution in [0.15, 0.2) is 0 Å². The molecule has 49 valence electrons. The predicted molar refractivity (Wildman–Crippen MR) is 39.5 cm³/mol. The molecule has 0 saturated heterocycles. The summed E-state index contributed by atoms with van der Waals surface area (Å²) in [7, 11) is 0. The number of alkyl halides is 1. The maximum Gasteiger partial charge on any atom is 0.168 e. The smallest absolute Gasteiger partial charge is 0.120 e. The monoisotopic (exact) mass is 173 g/mol. The van der Waals surface area contributed by atoms with Crippen LogP contribution in [-0.2, 0) is 0 Å². The van der Waals surface area contributed by atoms with Gasteiger partial charge in [0.15, 0.2) is 4.84 Å². The normalized spacial score (nSPS) is 14.6. The number of rotatable bonds is 3. The summed E-state index contributed by atoms with van der Waals surface area (Å²) in [5.41, 5.74) is 0. The molecule has 0 amide bonds. The van der Waals surface area contributed by atoms with Gasteiger partial charge in [-0.2, -0.15) is 0 Å². The van der Waals surface area contributed by atoms with Crippen molar-refractivity contribution in [2.45, 2.75) is 25.1 Å². The quantitative estimate of drug-likeness (QED) is 0.576. The van der Waals surface area contributed by atoms with Gasteiger partial charge in [-0.1, -0.05) is 36.5 Å². The van der Waals surface area contributed by atoms with E-state index in [0.717, 1.165) is 12.8 Å². The topological polar surface area (TPSA) is 0 Å². The molecule has 3 heteroatoms. The Bertz CT molecular complexity index is 53.6. The van der Waals surface area contributed by atoms with Crippen molar-refractivity contribution in [1.82, 2.24) is 0 Å². The second kappa shape index (κ2) is 4.72. The minimum Gasteiger partial charge on any atom is -0.120 e. The van der Waals surface area contributed by atoms with Gasteiger partial charge in [-0.3, -0.25) is 0 Å². The van der Waals surface area contributed by atoms with Gasteiger partial charge in [-0.05, 0) is 6.42 Å². The van der Waals surface area contributed by atoms with Crippen LogP contribution in [0.1, 0.15) is 19.8 Å². The number of halogens is 3. The van der Waals surface area contributed by atoms with Crippen LogP contribution >= 0.6 is 34.8 Å². The SMILES string of the molecule is CCCC(Cl)[C](Cl)Cl. The highest BCUT2D eigenvalue weighted by molar-refractivity contribution is 6.56. The van der Waals surface area contributed by atoms with Crippen LogP contribution in [0, 0.1) is 4.84 Å². The van der Waals surface area contributed by atoms with Gasteiger partial charge in [0.1, 0.15) is 0 Å². The van der Waals surface area contributed by atoms with Crippen molar-refractivity contribution < 1.29 is 0 Å². The molecule has 0 spiro atoms. The van der Waals surface area contributed by atoms with Gasteiger partial charge >= 0.3 is 0 Å². The van der Waals surface area contributed by atoms with Crippen molar-refractivity contribution in [3.8, 4) is 0 Å². The first-order valence-corrected chi connectivity index (χ1v) is 3.69. The highest BCUT2D eigenvalue weighted by atomic mass is 35.5. The van der Waals surface area contributed by atoms with Crippen LogP contribution in [0.4, 0.5) is 0 Å². The van der Waals surface area contributed by atoms with Crippen LogP contribution in [0.5, 0.6) is 0 Å². The summed E-state index contributed by atoms with van der Waals surface area (Å²) in [5.74, 6) is 0. The summed E-state index contributed by atoms with van der Waals surface area (Å²) in [6.45, 7) is 2.03. The van der Waals surface area contributed by atoms with Gasteiger partial charge in [0.2, 0.25) is 0 Å². The number of hydrogen-bond donors (Lipinski definition) is 0. The predicted octanol–water partition coefficient (Wildman–Crippen LogP) is 3.36. The van der Waals surface area contributed by atoms with Crippen molar-refractivity contribution in [3.63, 3.8) is 0 Å². The molecule has 0 bridgehead atoms. The van der Waals surface area contributed by atoms with Crippen molar-refractivity contribution >= 4 is 34.8 Å². The molecule has 0 aliphatic carbocycles. The molecule has 0 aromatic carbocycles. The zero-order chi connectivity index (χ0) is 6.57. The van der Waals surface area contributed by atoms with E-state index in [1.807, 2.05) is 6.92 Å². The maximum atomic E-state index is 5.61. The van der Waals surface area contributed by atoms with E-state index in [1.165, 1.54) is 0 Å². The van der Waals surface area contributed by atoms with Crippen LogP contribution in [0.3, 0.4) is 0 Å². The largest absolute Gasteiger partial charge is 0.168 e. The van der Waals surface area contributed by atoms with Crippen LogP contribution in [-0.4, -0.2) is 5.38 Å². The second-order valence-corrected chi connectivity index (χ2v) is 3.08. The second-order valence-electron chi connectivity index (χ2n) is 1.55. The standard InChI is InChI=1S/C5H8Cl3/c1-2-3-4(6)5(7)8/h4H,2-3H2,1H3. The Hall–Kier alpha value is 0.870. The molecule has 0 fully saturated rings. The first kappa shape index (κ1) is 8.87. The third-order valence-electron chi connectivity index (χ3n) is 0.779. The van der Waals surface area contributed by atoms with Crippen molar-refractivity contribution in [2.75, 3.05) is 0 Å². The molecule has 0 aromatic heterocycles. The highest BCUT2D eigenvalue weighted by Gasteiger charge is 2.12. The maximum absolute atomic E-state index is 5.61. The van der Waals surface area contributed by atoms with E-state index >= 15 is 0 Å². The van der Waals surface area contributed by atoms with Gasteiger partial charge in [0.25, 0.3) is 0 Å². The number of hydrogen-bond acceptors (Lipinski definition) is 0. The summed E-state index contributed by atoms with van der Waals surface area (Å²) < 4.78 is 0. The van der Waals surface area contributed by atoms with Gasteiger partial charge in [-0.25, -0.2) is 0 Å². The molecule has 0 nitrogen and oxygen atoms in total. The molecule has 0 aliphatic heterocycles. The Morgan fingerprint density at radius 3 is 2.12 bits per heavy atom. The fraction of sp³-hybridized carbons (Fsp3) is 0.800. The molecule has 0 heterocycles. The first-order valence-electron chi connectivity index (χ1n) is 2.50. The average molecular weight is 174 g/mol. The Morgan fingerprint density at radius 1 is 1.50 bits per heavy atom. The fourth-order valence-electron chi connectivity index (χ4n) is 0.363. The van der Waals surface area contributed by atoms with Gasteiger partial charge in [-0.15, -0.1) is 11.6 Å². The lowest BCUT2D eigenvalue weighted by Gasteiger charge is -2.04. The zero-order valence-electron chi connectivity index (χ0n) is 4.63. The van der Waals surface area contributed by atoms with Crippen LogP contribution in [0.25, 0.3) is 0 Å². The van der Waals surface area contributed by atoms with Crippen molar-refractivity contribution in [2.24, 2.45) is 0 Å². The summed E-state index contributed by atoms with van der Waals surface area (Å²) in [6.07, 6.45) is 1.86. The summed E-state index contributed by atoms with van der Waals surface area (Å²) >= 11 is 16.3. The molecule has 1 radical (unpaired) electrons. The average Bonchev–Trinajstić information content (AvgIpc) is 1.67. The molecule has 8 heavy (non-hydrogen) atoms. The molecule has 1 atom stereocenters. The van der Waals surface area contributed by atoms with E-state index in [1.54, 1.807) is 0 Å². The van der Waals surface area contributed by atoms with E-state index < -0.39 is 0 Å². The molecule has 0 rings (SSSR count). The lowest BCUT2D eigenvalue weighted by Crippen LogP contribution is -1.99. The molecule has 0 aliphatic rings. The molecular formula is C5H8Cl3. The van der Waals surface area contributed by atoms with E-state index in [9.17, 15) is 0 Å². The van der Waals surface area contributed by atoms with Crippen molar-refractivity contribution in [3.05, 3.63) is 4.84 Å². The van der Waals surface area contributed by atoms with E-state index in [0.29, 0.717) is 0 Å². The third kappa shape index (κ3) is 3.82. The summed E-state index contributed by atoms with van der Waals surface area (Å²) in [4.78, 5) is 0.272. The Balaban J connectivity index is 3.17. The van der Waals surface area contributed by atoms with Crippen LogP contribution < -0.4 is 0 Å². The molecular weight excluding hydrogens is 166 g/mol. The van der Waals surface area contributed by atoms with E-state index in [2.05, 4.69) is 0 Å². The lowest BCUT2D eigenvalue weighted by molar-refractivity contribution is 0.802. The molecule has 0 aromatic rings. The molecule has 1 unspecified atom stereocenters. The Morgan fingerprint density at radius 2 is 2.00 bits per heavy atom. The first-order chi connectivity index (χ1) is 3.68. The summed E-state index contributed by atoms with van der Waals surface area (Å²) in [5, 5.41) is -0.164. The fourth-order valence-corrected chi connectivity index (χ4v) is 0.799. The van der Waals surface area contributed by atoms with Gasteiger partial charge in [0, 0.05) is 0 Å². The van der Waals surface area contributed by atoms with Crippen molar-refractivity contribution in [1.29, 1.82) is 0 Å². The molecule has 0 N–H and O–H groups in total. The van der Waals surface area contributed by atoms with E-state index in [4.69, 9.17) is 34.8 Å². The molecule has 0 saturated carbocycles. The van der Waals surface area contributed by atoms with Gasteiger partial charge < -0.3 is 0 Å². The zero-order valence-corrected chi connectivity index (χ0v) is 6.89. The summed E-state index contributed by atoms with van der Waals surface area (Å²) in [6, 6.07) is 0. The lowest BCUT2D eigenvalue weighted by atomic mass is 10.3. The minimum absolute atomic E-state index is 0.164. The third-order valence-corrected chi connectivity index (χ3v) is 1.97. The Kier molecular flexibility index (Phi) is 5.23. The van der Waals surface area contributed by atoms with Crippen LogP contribution in [0.2, 0.25) is 0 Å². The van der Waals surface area contributed by atoms with Gasteiger partial charge in [0.05, 0.1) is 5.38 Å². The highest BCUT2D eigenvalue weighted by Crippen LogP contribution is 2.25. The minimum atomic E-state index is -0.164.